The summed E-state index contributed by atoms with van der Waals surface area (Å²) in [5.41, 5.74) is 5.30. The van der Waals surface area contributed by atoms with Gasteiger partial charge in [-0.3, -0.25) is 19.2 Å². The monoisotopic (exact) mass is 378 g/mol. The van der Waals surface area contributed by atoms with Crippen LogP contribution < -0.4 is 16.4 Å². The number of carboxylic acids is 1. The van der Waals surface area contributed by atoms with Crippen molar-refractivity contribution in [3.05, 3.63) is 0 Å². The number of nitrogens with two attached hydrogens (primary N) is 1. The lowest BCUT2D eigenvalue weighted by Crippen LogP contribution is -2.49. The van der Waals surface area contributed by atoms with Crippen LogP contribution in [0.3, 0.4) is 0 Å². The summed E-state index contributed by atoms with van der Waals surface area (Å²) in [4.78, 5) is 47.5. The first-order chi connectivity index (χ1) is 11.7. The Balaban J connectivity index is 4.18. The minimum absolute atomic E-state index is 0.0121. The summed E-state index contributed by atoms with van der Waals surface area (Å²) in [6.07, 6.45) is -0.197. The van der Waals surface area contributed by atoms with E-state index >= 15 is 0 Å². The van der Waals surface area contributed by atoms with Gasteiger partial charge in [-0.05, 0) is 20.5 Å². The van der Waals surface area contributed by atoms with E-state index < -0.39 is 35.8 Å². The molecular weight excluding hydrogens is 352 g/mol. The molecule has 0 heterocycles. The molecule has 25 heavy (non-hydrogen) atoms. The number of amides is 2. The van der Waals surface area contributed by atoms with Crippen LogP contribution in [-0.4, -0.2) is 85.4 Å². The number of carbonyl (C=O) groups is 4. The van der Waals surface area contributed by atoms with E-state index in [1.165, 1.54) is 0 Å². The van der Waals surface area contributed by atoms with Crippen LogP contribution in [0, 0.1) is 0 Å². The summed E-state index contributed by atoms with van der Waals surface area (Å²) in [6.45, 7) is 0.446. The second-order valence-corrected chi connectivity index (χ2v) is 5.89. The van der Waals surface area contributed by atoms with Gasteiger partial charge in [0.1, 0.15) is 25.2 Å². The molecule has 0 aromatic heterocycles. The standard InChI is InChI=1S/C14H26N4O6S/c1-18(2)5-6-24-12(20)7-16-13(21)10(8-25)17-11(19)4-3-9(15)14(22)23/h9-10,25H,3-8,15H2,1-2H3,(H,16,21)(H,17,19)(H,22,23)/t9-,10-/m0/s1. The second kappa shape index (κ2) is 12.5. The van der Waals surface area contributed by atoms with E-state index in [-0.39, 0.29) is 31.7 Å². The maximum Gasteiger partial charge on any atom is 0.325 e. The number of hydrogen-bond acceptors (Lipinski definition) is 8. The molecule has 0 unspecified atom stereocenters. The summed E-state index contributed by atoms with van der Waals surface area (Å²) in [6, 6.07) is -2.10. The van der Waals surface area contributed by atoms with Gasteiger partial charge in [0.2, 0.25) is 11.8 Å². The van der Waals surface area contributed by atoms with Crippen molar-refractivity contribution in [3.63, 3.8) is 0 Å². The maximum atomic E-state index is 11.9. The largest absolute Gasteiger partial charge is 0.480 e. The Bertz CT molecular complexity index is 474. The van der Waals surface area contributed by atoms with E-state index in [4.69, 9.17) is 15.6 Å². The normalized spacial score (nSPS) is 13.0. The molecule has 0 bridgehead atoms. The van der Waals surface area contributed by atoms with Crippen LogP contribution in [0.2, 0.25) is 0 Å². The predicted molar refractivity (Wildman–Crippen MR) is 93.2 cm³/mol. The Hall–Kier alpha value is -1.85. The van der Waals surface area contributed by atoms with Crippen LogP contribution in [0.15, 0.2) is 0 Å². The molecule has 0 aromatic rings. The number of nitrogens with one attached hydrogen (secondary N) is 2. The molecule has 2 atom stereocenters. The first kappa shape index (κ1) is 23.1. The summed E-state index contributed by atoms with van der Waals surface area (Å²) in [5, 5.41) is 13.4. The number of likely N-dealkylation sites (N-methyl/N-ethyl adjacent to an activating group) is 1. The third kappa shape index (κ3) is 11.3. The fourth-order valence-corrected chi connectivity index (χ4v) is 1.80. The second-order valence-electron chi connectivity index (χ2n) is 5.53. The van der Waals surface area contributed by atoms with Gasteiger partial charge in [0.05, 0.1) is 0 Å². The average Bonchev–Trinajstić information content (AvgIpc) is 2.54. The predicted octanol–water partition coefficient (Wildman–Crippen LogP) is -2.19. The van der Waals surface area contributed by atoms with E-state index in [0.29, 0.717) is 6.54 Å². The van der Waals surface area contributed by atoms with Gasteiger partial charge >= 0.3 is 11.9 Å². The summed E-state index contributed by atoms with van der Waals surface area (Å²) in [5.74, 6) is -2.90. The number of thiol groups is 1. The number of ether oxygens (including phenoxy) is 1. The van der Waals surface area contributed by atoms with Crippen molar-refractivity contribution in [1.82, 2.24) is 15.5 Å². The Kier molecular flexibility index (Phi) is 11.6. The number of carboxylic acid groups (broad SMARTS) is 1. The lowest BCUT2D eigenvalue weighted by Gasteiger charge is -2.17. The molecular formula is C14H26N4O6S. The molecule has 5 N–H and O–H groups in total. The molecule has 0 radical (unpaired) electrons. The zero-order valence-corrected chi connectivity index (χ0v) is 15.3. The number of aliphatic carboxylic acids is 1. The summed E-state index contributed by atoms with van der Waals surface area (Å²) < 4.78 is 4.91. The molecule has 144 valence electrons. The van der Waals surface area contributed by atoms with Crippen molar-refractivity contribution < 1.29 is 29.0 Å². The number of hydrogen-bond donors (Lipinski definition) is 5. The third-order valence-corrected chi connectivity index (χ3v) is 3.41. The van der Waals surface area contributed by atoms with Crippen molar-refractivity contribution in [3.8, 4) is 0 Å². The van der Waals surface area contributed by atoms with Gasteiger partial charge in [0, 0.05) is 18.7 Å². The molecule has 10 nitrogen and oxygen atoms in total. The van der Waals surface area contributed by atoms with Gasteiger partial charge < -0.3 is 31.1 Å². The van der Waals surface area contributed by atoms with E-state index in [2.05, 4.69) is 23.3 Å². The highest BCUT2D eigenvalue weighted by molar-refractivity contribution is 7.80. The van der Waals surface area contributed by atoms with Crippen molar-refractivity contribution in [2.24, 2.45) is 5.73 Å². The molecule has 0 spiro atoms. The van der Waals surface area contributed by atoms with Gasteiger partial charge in [0.25, 0.3) is 0 Å². The number of rotatable bonds is 12. The van der Waals surface area contributed by atoms with Crippen LogP contribution in [0.25, 0.3) is 0 Å². The highest BCUT2D eigenvalue weighted by atomic mass is 32.1. The van der Waals surface area contributed by atoms with Crippen molar-refractivity contribution in [1.29, 1.82) is 0 Å². The Morgan fingerprint density at radius 3 is 2.44 bits per heavy atom. The molecule has 0 aliphatic rings. The van der Waals surface area contributed by atoms with Crippen LogP contribution in [0.5, 0.6) is 0 Å². The molecule has 0 saturated carbocycles. The van der Waals surface area contributed by atoms with Crippen LogP contribution in [-0.2, 0) is 23.9 Å². The lowest BCUT2D eigenvalue weighted by atomic mass is 10.1. The molecule has 2 amide bonds. The molecule has 0 fully saturated rings. The molecule has 0 rings (SSSR count). The average molecular weight is 378 g/mol. The van der Waals surface area contributed by atoms with Crippen LogP contribution in [0.4, 0.5) is 0 Å². The van der Waals surface area contributed by atoms with Crippen LogP contribution >= 0.6 is 12.6 Å². The Morgan fingerprint density at radius 1 is 1.28 bits per heavy atom. The number of carbonyl (C=O) groups excluding carboxylic acids is 3. The summed E-state index contributed by atoms with van der Waals surface area (Å²) >= 11 is 3.98. The molecule has 0 aliphatic heterocycles. The molecule has 0 aromatic carbocycles. The van der Waals surface area contributed by atoms with E-state index in [1.54, 1.807) is 0 Å². The first-order valence-electron chi connectivity index (χ1n) is 7.64. The highest BCUT2D eigenvalue weighted by Gasteiger charge is 2.21. The van der Waals surface area contributed by atoms with Gasteiger partial charge in [-0.1, -0.05) is 0 Å². The van der Waals surface area contributed by atoms with Crippen molar-refractivity contribution in [2.45, 2.75) is 24.9 Å². The minimum Gasteiger partial charge on any atom is -0.480 e. The van der Waals surface area contributed by atoms with E-state index in [9.17, 15) is 19.2 Å². The Morgan fingerprint density at radius 2 is 1.92 bits per heavy atom. The van der Waals surface area contributed by atoms with Crippen molar-refractivity contribution >= 4 is 36.4 Å². The van der Waals surface area contributed by atoms with Gasteiger partial charge in [-0.2, -0.15) is 12.6 Å². The van der Waals surface area contributed by atoms with Crippen LogP contribution in [0.1, 0.15) is 12.8 Å². The SMILES string of the molecule is CN(C)CCOC(=O)CNC(=O)[C@H](CS)NC(=O)CC[C@H](N)C(=O)O. The zero-order valence-electron chi connectivity index (χ0n) is 14.4. The number of esters is 1. The lowest BCUT2D eigenvalue weighted by molar-refractivity contribution is -0.144. The van der Waals surface area contributed by atoms with Gasteiger partial charge in [0.15, 0.2) is 0 Å². The molecule has 0 aliphatic carbocycles. The van der Waals surface area contributed by atoms with Gasteiger partial charge in [-0.25, -0.2) is 0 Å². The summed E-state index contributed by atoms with van der Waals surface area (Å²) in [7, 11) is 3.66. The third-order valence-electron chi connectivity index (χ3n) is 3.04. The smallest absolute Gasteiger partial charge is 0.325 e. The topological polar surface area (TPSA) is 151 Å². The quantitative estimate of drug-likeness (QED) is 0.190. The fourth-order valence-electron chi connectivity index (χ4n) is 1.55. The highest BCUT2D eigenvalue weighted by Crippen LogP contribution is 1.97. The van der Waals surface area contributed by atoms with E-state index in [0.717, 1.165) is 0 Å². The molecule has 11 heteroatoms. The van der Waals surface area contributed by atoms with E-state index in [1.807, 2.05) is 19.0 Å². The first-order valence-corrected chi connectivity index (χ1v) is 8.27. The Labute approximate surface area is 151 Å². The molecule has 0 saturated heterocycles. The van der Waals surface area contributed by atoms with Crippen molar-refractivity contribution in [2.75, 3.05) is 39.5 Å². The number of nitrogens with zero attached hydrogens (tertiary/aromatic N) is 1. The zero-order chi connectivity index (χ0) is 19.4. The minimum atomic E-state index is -1.20. The fraction of sp³-hybridized carbons (Fsp3) is 0.714. The van der Waals surface area contributed by atoms with Gasteiger partial charge in [-0.15, -0.1) is 0 Å². The maximum absolute atomic E-state index is 11.9.